The van der Waals surface area contributed by atoms with Gasteiger partial charge in [-0.2, -0.15) is 4.98 Å². The van der Waals surface area contributed by atoms with E-state index >= 15 is 0 Å². The number of hydrogen-bond acceptors (Lipinski definition) is 9. The highest BCUT2D eigenvalue weighted by atomic mass is 35.5. The molecule has 4 heterocycles. The normalized spacial score (nSPS) is 26.4. The van der Waals surface area contributed by atoms with Gasteiger partial charge in [0.1, 0.15) is 6.26 Å². The highest BCUT2D eigenvalue weighted by Gasteiger charge is 2.47. The number of oxazole rings is 1. The summed E-state index contributed by atoms with van der Waals surface area (Å²) in [5, 5.41) is 3.22. The molecule has 32 heavy (non-hydrogen) atoms. The van der Waals surface area contributed by atoms with Gasteiger partial charge >= 0.3 is 0 Å². The Hall–Kier alpha value is -2.37. The van der Waals surface area contributed by atoms with Crippen molar-refractivity contribution in [1.29, 1.82) is 0 Å². The van der Waals surface area contributed by atoms with E-state index in [9.17, 15) is 4.79 Å². The highest BCUT2D eigenvalue weighted by molar-refractivity contribution is 6.34. The number of hydrogen-bond donors (Lipinski definition) is 2. The van der Waals surface area contributed by atoms with Crippen LogP contribution in [0.25, 0.3) is 0 Å². The van der Waals surface area contributed by atoms with Gasteiger partial charge in [-0.05, 0) is 31.7 Å². The molecule has 1 aromatic heterocycles. The van der Waals surface area contributed by atoms with Crippen LogP contribution in [0.1, 0.15) is 16.9 Å². The molecule has 3 aliphatic heterocycles. The Balaban J connectivity index is 1.15. The maximum Gasteiger partial charge on any atom is 0.292 e. The van der Waals surface area contributed by atoms with Gasteiger partial charge in [0.2, 0.25) is 0 Å². The van der Waals surface area contributed by atoms with Gasteiger partial charge in [-0.3, -0.25) is 9.69 Å². The highest BCUT2D eigenvalue weighted by Crippen LogP contribution is 2.33. The molecule has 10 nitrogen and oxygen atoms in total. The number of aromatic nitrogens is 1. The molecular weight excluding hydrogens is 436 g/mol. The van der Waals surface area contributed by atoms with Crippen LogP contribution in [0.2, 0.25) is 5.02 Å². The monoisotopic (exact) mass is 462 g/mol. The summed E-state index contributed by atoms with van der Waals surface area (Å²) >= 11 is 6.30. The van der Waals surface area contributed by atoms with E-state index in [4.69, 9.17) is 31.2 Å². The van der Waals surface area contributed by atoms with Crippen LogP contribution in [0.3, 0.4) is 0 Å². The summed E-state index contributed by atoms with van der Waals surface area (Å²) in [4.78, 5) is 23.1. The molecule has 2 aromatic rings. The minimum atomic E-state index is -0.431. The molecule has 5 rings (SSSR count). The van der Waals surface area contributed by atoms with E-state index in [1.807, 2.05) is 12.1 Å². The van der Waals surface area contributed by atoms with E-state index in [0.29, 0.717) is 10.7 Å². The van der Waals surface area contributed by atoms with Crippen molar-refractivity contribution in [3.05, 3.63) is 35.2 Å². The summed E-state index contributed by atoms with van der Waals surface area (Å²) in [7, 11) is 2.12. The van der Waals surface area contributed by atoms with Crippen LogP contribution in [0, 0.1) is 0 Å². The molecule has 3 aliphatic rings. The average Bonchev–Trinajstić information content (AvgIpc) is 3.19. The van der Waals surface area contributed by atoms with Crippen LogP contribution in [-0.2, 0) is 9.47 Å². The molecule has 3 saturated heterocycles. The number of epoxide rings is 1. The van der Waals surface area contributed by atoms with E-state index in [0.717, 1.165) is 51.4 Å². The molecule has 1 aromatic carbocycles. The first-order valence-electron chi connectivity index (χ1n) is 10.8. The van der Waals surface area contributed by atoms with Crippen molar-refractivity contribution in [2.24, 2.45) is 0 Å². The first-order chi connectivity index (χ1) is 15.5. The summed E-state index contributed by atoms with van der Waals surface area (Å²) in [6.07, 6.45) is 2.49. The number of carbonyl (C=O) groups is 1. The summed E-state index contributed by atoms with van der Waals surface area (Å²) in [5.74, 6) is -0.431. The van der Waals surface area contributed by atoms with Gasteiger partial charge in [0, 0.05) is 45.0 Å². The third-order valence-corrected chi connectivity index (χ3v) is 6.43. The molecule has 0 bridgehead atoms. The molecule has 3 N–H and O–H groups in total. The molecule has 11 heteroatoms. The largest absolute Gasteiger partial charge is 0.431 e. The fourth-order valence-electron chi connectivity index (χ4n) is 4.26. The number of nitrogens with two attached hydrogens (primary N) is 1. The zero-order chi connectivity index (χ0) is 22.2. The Morgan fingerprint density at radius 2 is 2.09 bits per heavy atom. The topological polar surface area (TPSA) is 113 Å². The van der Waals surface area contributed by atoms with Gasteiger partial charge < -0.3 is 34.7 Å². The van der Waals surface area contributed by atoms with Crippen LogP contribution in [-0.4, -0.2) is 85.6 Å². The predicted octanol–water partition coefficient (Wildman–Crippen LogP) is 1.69. The molecule has 2 unspecified atom stereocenters. The summed E-state index contributed by atoms with van der Waals surface area (Å²) in [6.45, 7) is 5.48. The first-order valence-corrected chi connectivity index (χ1v) is 11.1. The third kappa shape index (κ3) is 4.69. The minimum Gasteiger partial charge on any atom is -0.431 e. The van der Waals surface area contributed by atoms with Crippen LogP contribution in [0.4, 0.5) is 17.4 Å². The van der Waals surface area contributed by atoms with Crippen molar-refractivity contribution in [3.63, 3.8) is 0 Å². The molecule has 0 radical (unpaired) electrons. The molecule has 3 atom stereocenters. The number of nitrogens with zero attached hydrogens (tertiary/aromatic N) is 4. The van der Waals surface area contributed by atoms with Crippen molar-refractivity contribution in [1.82, 2.24) is 14.8 Å². The zero-order valence-corrected chi connectivity index (χ0v) is 18.6. The fraction of sp³-hybridized carbons (Fsp3) is 0.524. The first kappa shape index (κ1) is 21.5. The maximum atomic E-state index is 12.4. The number of amides is 1. The van der Waals surface area contributed by atoms with Crippen molar-refractivity contribution >= 4 is 34.9 Å². The number of benzene rings is 1. The fourth-order valence-corrected chi connectivity index (χ4v) is 4.43. The Kier molecular flexibility index (Phi) is 5.95. The van der Waals surface area contributed by atoms with Crippen LogP contribution in [0.15, 0.2) is 28.9 Å². The standard InChI is InChI=1S/C21H27ClN6O4/c1-26-5-4-14(11-26)31-20-19(32-20)28-8-6-27(7-9-28)13-2-3-15(22)16(10-13)24-18(29)17-12-30-21(23)25-17/h2-3,10,12,14,19-20H,4-9,11H2,1H3,(H2,23,25)(H,24,29)/t14?,19?,20-/m0/s1. The van der Waals surface area contributed by atoms with Gasteiger partial charge in [0.05, 0.1) is 16.8 Å². The van der Waals surface area contributed by atoms with Gasteiger partial charge in [0.15, 0.2) is 18.2 Å². The quantitative estimate of drug-likeness (QED) is 0.619. The van der Waals surface area contributed by atoms with Gasteiger partial charge in [0.25, 0.3) is 11.9 Å². The van der Waals surface area contributed by atoms with Crippen LogP contribution in [0.5, 0.6) is 0 Å². The van der Waals surface area contributed by atoms with E-state index in [1.54, 1.807) is 6.07 Å². The molecule has 0 aliphatic carbocycles. The van der Waals surface area contributed by atoms with E-state index in [2.05, 4.69) is 32.0 Å². The smallest absolute Gasteiger partial charge is 0.292 e. The second kappa shape index (κ2) is 8.87. The molecule has 0 saturated carbocycles. The number of rotatable bonds is 6. The molecule has 1 amide bonds. The van der Waals surface area contributed by atoms with Crippen molar-refractivity contribution in [3.8, 4) is 0 Å². The number of nitrogens with one attached hydrogen (secondary N) is 1. The summed E-state index contributed by atoms with van der Waals surface area (Å²) < 4.78 is 16.8. The second-order valence-electron chi connectivity index (χ2n) is 8.42. The lowest BCUT2D eigenvalue weighted by molar-refractivity contribution is -0.00510. The Morgan fingerprint density at radius 3 is 2.78 bits per heavy atom. The van der Waals surface area contributed by atoms with Crippen LogP contribution < -0.4 is 16.0 Å². The SMILES string of the molecule is CN1CCC(O[C@H]2OC2N2CCN(c3ccc(Cl)c(NC(=O)c4coc(N)n4)c3)CC2)C1. The lowest BCUT2D eigenvalue weighted by Crippen LogP contribution is -2.48. The van der Waals surface area contributed by atoms with E-state index in [-0.39, 0.29) is 30.3 Å². The number of anilines is 3. The van der Waals surface area contributed by atoms with Gasteiger partial charge in [-0.15, -0.1) is 0 Å². The number of likely N-dealkylation sites (N-methyl/N-ethyl adjacent to an activating group) is 1. The summed E-state index contributed by atoms with van der Waals surface area (Å²) in [6, 6.07) is 5.55. The number of halogens is 1. The van der Waals surface area contributed by atoms with Crippen molar-refractivity contribution in [2.75, 3.05) is 62.3 Å². The predicted molar refractivity (Wildman–Crippen MR) is 120 cm³/mol. The van der Waals surface area contributed by atoms with Gasteiger partial charge in [-0.1, -0.05) is 11.6 Å². The summed E-state index contributed by atoms with van der Waals surface area (Å²) in [5.41, 5.74) is 7.04. The van der Waals surface area contributed by atoms with Crippen LogP contribution >= 0.6 is 11.6 Å². The maximum absolute atomic E-state index is 12.4. The number of ether oxygens (including phenoxy) is 2. The molecular formula is C21H27ClN6O4. The zero-order valence-electron chi connectivity index (χ0n) is 17.9. The number of likely N-dealkylation sites (tertiary alicyclic amines) is 1. The molecule has 3 fully saturated rings. The second-order valence-corrected chi connectivity index (χ2v) is 8.82. The van der Waals surface area contributed by atoms with E-state index < -0.39 is 5.91 Å². The minimum absolute atomic E-state index is 0.0537. The lowest BCUT2D eigenvalue weighted by Gasteiger charge is -2.35. The number of nitrogen functional groups attached to an aromatic ring is 1. The average molecular weight is 463 g/mol. The number of carbonyl (C=O) groups excluding carboxylic acids is 1. The Morgan fingerprint density at radius 1 is 1.28 bits per heavy atom. The lowest BCUT2D eigenvalue weighted by atomic mass is 10.2. The van der Waals surface area contributed by atoms with E-state index in [1.165, 1.54) is 6.26 Å². The van der Waals surface area contributed by atoms with Crippen molar-refractivity contribution < 1.29 is 18.7 Å². The Bertz CT molecular complexity index is 979. The van der Waals surface area contributed by atoms with Crippen molar-refractivity contribution in [2.45, 2.75) is 25.0 Å². The van der Waals surface area contributed by atoms with Gasteiger partial charge in [-0.25, -0.2) is 0 Å². The number of piperazine rings is 1. The molecule has 172 valence electrons. The Labute approximate surface area is 191 Å². The molecule has 0 spiro atoms. The third-order valence-electron chi connectivity index (χ3n) is 6.10.